The standard InChI is InChI=1S/C29H26FN9O2/c1-17(2)24-13-27(39(37-24)21-7-5-6-19(11-21)14-31)36-28(40)34-25-12-26(18(3)10-22(25)30)41-29-32-9-8-23(35-29)20-15-33-38(4)16-20/h5-13,15-17H,1-4H3,(H2,34,36,40). The highest BCUT2D eigenvalue weighted by molar-refractivity contribution is 5.99. The number of aromatic nitrogens is 6. The van der Waals surface area contributed by atoms with Gasteiger partial charge < -0.3 is 10.1 Å². The van der Waals surface area contributed by atoms with Gasteiger partial charge in [0.15, 0.2) is 0 Å². The first-order chi connectivity index (χ1) is 19.7. The summed E-state index contributed by atoms with van der Waals surface area (Å²) >= 11 is 0. The Balaban J connectivity index is 1.37. The highest BCUT2D eigenvalue weighted by atomic mass is 19.1. The van der Waals surface area contributed by atoms with Crippen LogP contribution in [-0.2, 0) is 7.05 Å². The van der Waals surface area contributed by atoms with Crippen molar-refractivity contribution >= 4 is 17.5 Å². The van der Waals surface area contributed by atoms with Gasteiger partial charge in [-0.2, -0.15) is 20.4 Å². The van der Waals surface area contributed by atoms with Crippen LogP contribution >= 0.6 is 0 Å². The second-order valence-corrected chi connectivity index (χ2v) is 9.59. The number of nitriles is 1. The number of nitrogens with zero attached hydrogens (tertiary/aromatic N) is 7. The number of carbonyl (C=O) groups excluding carboxylic acids is 1. The van der Waals surface area contributed by atoms with Crippen LogP contribution in [0.2, 0.25) is 0 Å². The van der Waals surface area contributed by atoms with Crippen molar-refractivity contribution < 1.29 is 13.9 Å². The number of aryl methyl sites for hydroxylation is 2. The number of hydrogen-bond acceptors (Lipinski definition) is 7. The first-order valence-electron chi connectivity index (χ1n) is 12.7. The molecule has 0 radical (unpaired) electrons. The fourth-order valence-corrected chi connectivity index (χ4v) is 4.01. The van der Waals surface area contributed by atoms with E-state index in [-0.39, 0.29) is 23.4 Å². The van der Waals surface area contributed by atoms with Gasteiger partial charge in [-0.3, -0.25) is 10.00 Å². The normalized spacial score (nSPS) is 10.9. The zero-order chi connectivity index (χ0) is 29.1. The van der Waals surface area contributed by atoms with Gasteiger partial charge in [0.25, 0.3) is 0 Å². The van der Waals surface area contributed by atoms with Crippen LogP contribution < -0.4 is 15.4 Å². The summed E-state index contributed by atoms with van der Waals surface area (Å²) in [6.07, 6.45) is 5.04. The van der Waals surface area contributed by atoms with E-state index < -0.39 is 11.8 Å². The third-order valence-corrected chi connectivity index (χ3v) is 6.13. The molecule has 0 atom stereocenters. The molecular weight excluding hydrogens is 525 g/mol. The molecule has 12 heteroatoms. The number of urea groups is 1. The number of amides is 2. The Morgan fingerprint density at radius 3 is 2.71 bits per heavy atom. The highest BCUT2D eigenvalue weighted by Crippen LogP contribution is 2.30. The predicted molar refractivity (Wildman–Crippen MR) is 150 cm³/mol. The quantitative estimate of drug-likeness (QED) is 0.255. The Bertz CT molecular complexity index is 1790. The van der Waals surface area contributed by atoms with Gasteiger partial charge in [-0.1, -0.05) is 19.9 Å². The second-order valence-electron chi connectivity index (χ2n) is 9.59. The topological polar surface area (TPSA) is 136 Å². The van der Waals surface area contributed by atoms with Crippen molar-refractivity contribution in [3.8, 4) is 34.8 Å². The Kier molecular flexibility index (Phi) is 7.43. The van der Waals surface area contributed by atoms with E-state index in [4.69, 9.17) is 4.74 Å². The minimum absolute atomic E-state index is 0.0566. The van der Waals surface area contributed by atoms with Gasteiger partial charge in [0.1, 0.15) is 17.4 Å². The van der Waals surface area contributed by atoms with Crippen LogP contribution in [0.1, 0.15) is 36.6 Å². The number of nitrogens with one attached hydrogen (secondary N) is 2. The minimum atomic E-state index is -0.693. The van der Waals surface area contributed by atoms with Crippen LogP contribution in [0.15, 0.2) is 67.1 Å². The van der Waals surface area contributed by atoms with Gasteiger partial charge in [0, 0.05) is 37.1 Å². The Labute approximate surface area is 235 Å². The SMILES string of the molecule is Cc1cc(F)c(NC(=O)Nc2cc(C(C)C)nn2-c2cccc(C#N)c2)cc1Oc1nccc(-c2cnn(C)c2)n1. The molecule has 3 aromatic heterocycles. The number of hydrogen-bond donors (Lipinski definition) is 2. The van der Waals surface area contributed by atoms with Crippen molar-refractivity contribution in [3.05, 3.63) is 89.8 Å². The number of rotatable bonds is 7. The molecule has 0 aliphatic carbocycles. The highest BCUT2D eigenvalue weighted by Gasteiger charge is 2.18. The number of benzene rings is 2. The van der Waals surface area contributed by atoms with Gasteiger partial charge in [-0.05, 0) is 48.7 Å². The van der Waals surface area contributed by atoms with Gasteiger partial charge in [0.2, 0.25) is 0 Å². The average molecular weight is 552 g/mol. The summed E-state index contributed by atoms with van der Waals surface area (Å²) in [4.78, 5) is 21.6. The molecule has 2 aromatic carbocycles. The van der Waals surface area contributed by atoms with E-state index in [1.165, 1.54) is 16.8 Å². The third-order valence-electron chi connectivity index (χ3n) is 6.13. The summed E-state index contributed by atoms with van der Waals surface area (Å²) < 4.78 is 24.0. The van der Waals surface area contributed by atoms with Crippen LogP contribution in [0.5, 0.6) is 11.8 Å². The van der Waals surface area contributed by atoms with Crippen molar-refractivity contribution in [2.75, 3.05) is 10.6 Å². The van der Waals surface area contributed by atoms with E-state index in [9.17, 15) is 14.4 Å². The molecule has 2 N–H and O–H groups in total. The van der Waals surface area contributed by atoms with Crippen LogP contribution in [0.3, 0.4) is 0 Å². The van der Waals surface area contributed by atoms with E-state index in [1.54, 1.807) is 67.4 Å². The summed E-state index contributed by atoms with van der Waals surface area (Å²) in [6, 6.07) is 14.4. The molecule has 0 bridgehead atoms. The molecule has 0 fully saturated rings. The first-order valence-corrected chi connectivity index (χ1v) is 12.7. The van der Waals surface area contributed by atoms with Gasteiger partial charge in [-0.15, -0.1) is 0 Å². The number of ether oxygens (including phenoxy) is 1. The summed E-state index contributed by atoms with van der Waals surface area (Å²) in [5.41, 5.74) is 3.55. The predicted octanol–water partition coefficient (Wildman–Crippen LogP) is 5.94. The number of halogens is 1. The maximum Gasteiger partial charge on any atom is 0.324 e. The van der Waals surface area contributed by atoms with Crippen LogP contribution in [-0.4, -0.2) is 35.6 Å². The number of carbonyl (C=O) groups is 1. The minimum Gasteiger partial charge on any atom is -0.424 e. The summed E-state index contributed by atoms with van der Waals surface area (Å²) in [7, 11) is 1.80. The van der Waals surface area contributed by atoms with E-state index in [2.05, 4.69) is 36.9 Å². The van der Waals surface area contributed by atoms with Crippen molar-refractivity contribution in [1.29, 1.82) is 5.26 Å². The Hall–Kier alpha value is -5.57. The Morgan fingerprint density at radius 1 is 1.15 bits per heavy atom. The number of anilines is 2. The first kappa shape index (κ1) is 27.0. The molecule has 5 rings (SSSR count). The third kappa shape index (κ3) is 6.04. The van der Waals surface area contributed by atoms with E-state index in [1.807, 2.05) is 20.0 Å². The molecule has 0 spiro atoms. The van der Waals surface area contributed by atoms with Gasteiger partial charge in [-0.25, -0.2) is 18.9 Å². The molecule has 0 aliphatic heterocycles. The van der Waals surface area contributed by atoms with E-state index >= 15 is 0 Å². The lowest BCUT2D eigenvalue weighted by Gasteiger charge is -2.13. The molecule has 0 aliphatic rings. The summed E-state index contributed by atoms with van der Waals surface area (Å²) in [6.45, 7) is 5.62. The lowest BCUT2D eigenvalue weighted by molar-refractivity contribution is 0.262. The monoisotopic (exact) mass is 551 g/mol. The lowest BCUT2D eigenvalue weighted by atomic mass is 10.1. The van der Waals surface area contributed by atoms with E-state index in [0.29, 0.717) is 28.3 Å². The molecule has 0 saturated heterocycles. The maximum absolute atomic E-state index is 14.9. The molecule has 0 unspecified atom stereocenters. The molecule has 2 amide bonds. The molecule has 206 valence electrons. The van der Waals surface area contributed by atoms with E-state index in [0.717, 1.165) is 11.3 Å². The fraction of sp³-hybridized carbons (Fsp3) is 0.172. The molecule has 0 saturated carbocycles. The molecule has 3 heterocycles. The lowest BCUT2D eigenvalue weighted by Crippen LogP contribution is -2.22. The van der Waals surface area contributed by atoms with Gasteiger partial charge >= 0.3 is 12.0 Å². The van der Waals surface area contributed by atoms with Crippen LogP contribution in [0, 0.1) is 24.1 Å². The fourth-order valence-electron chi connectivity index (χ4n) is 4.01. The second kappa shape index (κ2) is 11.3. The van der Waals surface area contributed by atoms with Gasteiger partial charge in [0.05, 0.1) is 40.6 Å². The molecule has 41 heavy (non-hydrogen) atoms. The van der Waals surface area contributed by atoms with Crippen molar-refractivity contribution in [2.45, 2.75) is 26.7 Å². The summed E-state index contributed by atoms with van der Waals surface area (Å²) in [5, 5.41) is 23.3. The average Bonchev–Trinajstić information content (AvgIpc) is 3.58. The largest absolute Gasteiger partial charge is 0.424 e. The zero-order valence-electron chi connectivity index (χ0n) is 22.8. The molecule has 11 nitrogen and oxygen atoms in total. The Morgan fingerprint density at radius 2 is 1.98 bits per heavy atom. The van der Waals surface area contributed by atoms with Crippen molar-refractivity contribution in [3.63, 3.8) is 0 Å². The van der Waals surface area contributed by atoms with Crippen LogP contribution in [0.25, 0.3) is 16.9 Å². The zero-order valence-corrected chi connectivity index (χ0v) is 22.8. The van der Waals surface area contributed by atoms with Crippen molar-refractivity contribution in [2.24, 2.45) is 7.05 Å². The van der Waals surface area contributed by atoms with Crippen molar-refractivity contribution in [1.82, 2.24) is 29.5 Å². The maximum atomic E-state index is 14.9. The smallest absolute Gasteiger partial charge is 0.324 e. The molecular formula is C29H26FN9O2. The van der Waals surface area contributed by atoms with Crippen LogP contribution in [0.4, 0.5) is 20.7 Å². The summed E-state index contributed by atoms with van der Waals surface area (Å²) in [5.74, 6) is 0.0525. The molecule has 5 aromatic rings.